The van der Waals surface area contributed by atoms with Gasteiger partial charge >= 0.3 is 12.3 Å². The summed E-state index contributed by atoms with van der Waals surface area (Å²) in [4.78, 5) is 10.9. The van der Waals surface area contributed by atoms with Gasteiger partial charge in [-0.1, -0.05) is 6.92 Å². The van der Waals surface area contributed by atoms with Crippen LogP contribution < -0.4 is 0 Å². The Morgan fingerprint density at radius 1 is 1.15 bits per heavy atom. The van der Waals surface area contributed by atoms with Crippen LogP contribution in [0.1, 0.15) is 27.2 Å². The number of carbonyl (C=O) groups is 1. The second kappa shape index (κ2) is 8.01. The molecule has 0 bridgehead atoms. The van der Waals surface area contributed by atoms with Gasteiger partial charge in [0.25, 0.3) is 0 Å². The highest BCUT2D eigenvalue weighted by Crippen LogP contribution is 2.06. The van der Waals surface area contributed by atoms with Crippen LogP contribution in [0.25, 0.3) is 0 Å². The molecule has 77 valence electrons. The number of esters is 1. The number of hydrogen-bond donors (Lipinski definition) is 0. The molecule has 0 unspecified atom stereocenters. The van der Waals surface area contributed by atoms with Crippen LogP contribution in [0.3, 0.4) is 0 Å². The molecular formula is C9H17O4. The van der Waals surface area contributed by atoms with Crippen molar-refractivity contribution in [2.45, 2.75) is 27.2 Å². The van der Waals surface area contributed by atoms with Gasteiger partial charge in [0.1, 0.15) is 6.61 Å². The van der Waals surface area contributed by atoms with Crippen LogP contribution in [0.4, 0.5) is 0 Å². The molecule has 0 aliphatic rings. The van der Waals surface area contributed by atoms with Crippen LogP contribution >= 0.6 is 0 Å². The van der Waals surface area contributed by atoms with Gasteiger partial charge in [-0.15, -0.1) is 0 Å². The molecule has 0 saturated heterocycles. The van der Waals surface area contributed by atoms with E-state index in [2.05, 4.69) is 0 Å². The number of hydrogen-bond acceptors (Lipinski definition) is 4. The summed E-state index contributed by atoms with van der Waals surface area (Å²) < 4.78 is 15.0. The normalized spacial score (nSPS) is 10.5. The molecule has 0 spiro atoms. The molecule has 4 nitrogen and oxygen atoms in total. The van der Waals surface area contributed by atoms with E-state index >= 15 is 0 Å². The first kappa shape index (κ1) is 12.4. The molecule has 0 fully saturated rings. The molecule has 4 heteroatoms. The second-order valence-electron chi connectivity index (χ2n) is 2.27. The fourth-order valence-corrected chi connectivity index (χ4v) is 0.646. The summed E-state index contributed by atoms with van der Waals surface area (Å²) in [7, 11) is 0. The van der Waals surface area contributed by atoms with Gasteiger partial charge in [-0.3, -0.25) is 4.79 Å². The lowest BCUT2D eigenvalue weighted by atomic mass is 10.5. The highest BCUT2D eigenvalue weighted by molar-refractivity contribution is 5.69. The molecule has 13 heavy (non-hydrogen) atoms. The zero-order valence-corrected chi connectivity index (χ0v) is 8.46. The van der Waals surface area contributed by atoms with E-state index < -0.39 is 0 Å². The minimum absolute atomic E-state index is 0.218. The Balaban J connectivity index is 3.71. The Bertz CT molecular complexity index is 136. The van der Waals surface area contributed by atoms with Crippen LogP contribution in [0.15, 0.2) is 0 Å². The quantitative estimate of drug-likeness (QED) is 0.569. The highest BCUT2D eigenvalue weighted by atomic mass is 16.7. The van der Waals surface area contributed by atoms with Gasteiger partial charge in [-0.05, 0) is 13.8 Å². The zero-order valence-electron chi connectivity index (χ0n) is 8.46. The van der Waals surface area contributed by atoms with E-state index in [9.17, 15) is 4.79 Å². The first-order valence-corrected chi connectivity index (χ1v) is 4.51. The van der Waals surface area contributed by atoms with Gasteiger partial charge in [0.2, 0.25) is 0 Å². The first-order valence-electron chi connectivity index (χ1n) is 4.51. The van der Waals surface area contributed by atoms with Crippen molar-refractivity contribution in [3.63, 3.8) is 0 Å². The summed E-state index contributed by atoms with van der Waals surface area (Å²) in [5, 5.41) is 0. The number of rotatable bonds is 7. The monoisotopic (exact) mass is 189 g/mol. The van der Waals surface area contributed by atoms with Crippen LogP contribution in [0.5, 0.6) is 0 Å². The molecule has 0 rings (SSSR count). The van der Waals surface area contributed by atoms with E-state index in [1.54, 1.807) is 6.92 Å². The zero-order chi connectivity index (χ0) is 10.1. The summed E-state index contributed by atoms with van der Waals surface area (Å²) in [5.41, 5.74) is 0. The summed E-state index contributed by atoms with van der Waals surface area (Å²) in [6, 6.07) is 0. The van der Waals surface area contributed by atoms with Crippen molar-refractivity contribution in [1.82, 2.24) is 0 Å². The van der Waals surface area contributed by atoms with E-state index in [1.165, 1.54) is 0 Å². The van der Waals surface area contributed by atoms with E-state index in [1.807, 2.05) is 13.8 Å². The van der Waals surface area contributed by atoms with Crippen molar-refractivity contribution in [2.24, 2.45) is 0 Å². The summed E-state index contributed by atoms with van der Waals surface area (Å²) in [5.74, 6) is -0.303. The molecule has 0 heterocycles. The van der Waals surface area contributed by atoms with Crippen molar-refractivity contribution in [1.29, 1.82) is 0 Å². The molecular weight excluding hydrogens is 172 g/mol. The summed E-state index contributed by atoms with van der Waals surface area (Å²) in [6.07, 6.45) is 0.582. The summed E-state index contributed by atoms with van der Waals surface area (Å²) >= 11 is 0. The molecule has 0 amide bonds. The van der Waals surface area contributed by atoms with Crippen LogP contribution in [0, 0.1) is 6.29 Å². The Hall–Kier alpha value is -0.610. The molecule has 0 N–H and O–H groups in total. The highest BCUT2D eigenvalue weighted by Gasteiger charge is 2.15. The van der Waals surface area contributed by atoms with E-state index in [4.69, 9.17) is 14.2 Å². The Kier molecular flexibility index (Phi) is 7.63. The third kappa shape index (κ3) is 6.54. The van der Waals surface area contributed by atoms with Gasteiger partial charge in [-0.25, -0.2) is 0 Å². The van der Waals surface area contributed by atoms with E-state index in [0.29, 0.717) is 19.6 Å². The van der Waals surface area contributed by atoms with Crippen LogP contribution in [-0.4, -0.2) is 25.8 Å². The topological polar surface area (TPSA) is 44.8 Å². The van der Waals surface area contributed by atoms with E-state index in [0.717, 1.165) is 0 Å². The standard InChI is InChI=1S/C9H17O4/c1-4-8(10)13-9(12-6-3)7-11-5-2/h4-7H2,1-3H3. The third-order valence-electron chi connectivity index (χ3n) is 1.25. The molecule has 0 aromatic carbocycles. The van der Waals surface area contributed by atoms with Crippen molar-refractivity contribution in [2.75, 3.05) is 19.8 Å². The molecule has 0 aromatic rings. The fourth-order valence-electron chi connectivity index (χ4n) is 0.646. The molecule has 0 aromatic heterocycles. The number of ether oxygens (including phenoxy) is 3. The van der Waals surface area contributed by atoms with Crippen molar-refractivity contribution in [3.8, 4) is 0 Å². The van der Waals surface area contributed by atoms with Gasteiger partial charge in [0, 0.05) is 19.6 Å². The van der Waals surface area contributed by atoms with Crippen molar-refractivity contribution in [3.05, 3.63) is 6.29 Å². The van der Waals surface area contributed by atoms with Crippen molar-refractivity contribution >= 4 is 5.97 Å². The van der Waals surface area contributed by atoms with Gasteiger partial charge < -0.3 is 14.2 Å². The molecule has 0 aliphatic heterocycles. The minimum atomic E-state index is -0.303. The maximum atomic E-state index is 10.9. The van der Waals surface area contributed by atoms with Gasteiger partial charge in [-0.2, -0.15) is 0 Å². The van der Waals surface area contributed by atoms with Crippen LogP contribution in [0.2, 0.25) is 0 Å². The molecule has 0 aliphatic carbocycles. The van der Waals surface area contributed by atoms with Gasteiger partial charge in [0.05, 0.1) is 0 Å². The van der Waals surface area contributed by atoms with E-state index in [-0.39, 0.29) is 18.9 Å². The minimum Gasteiger partial charge on any atom is -0.423 e. The lowest BCUT2D eigenvalue weighted by Gasteiger charge is -2.14. The predicted octanol–water partition coefficient (Wildman–Crippen LogP) is 1.50. The Morgan fingerprint density at radius 3 is 2.31 bits per heavy atom. The lowest BCUT2D eigenvalue weighted by Crippen LogP contribution is -2.18. The largest absolute Gasteiger partial charge is 0.423 e. The summed E-state index contributed by atoms with van der Waals surface area (Å²) in [6.45, 7) is 6.68. The fraction of sp³-hybridized carbons (Fsp3) is 0.778. The predicted molar refractivity (Wildman–Crippen MR) is 47.7 cm³/mol. The smallest absolute Gasteiger partial charge is 0.308 e. The Morgan fingerprint density at radius 2 is 1.85 bits per heavy atom. The van der Waals surface area contributed by atoms with Crippen molar-refractivity contribution < 1.29 is 19.0 Å². The molecule has 1 radical (unpaired) electrons. The molecule has 0 saturated carbocycles. The Labute approximate surface area is 79.2 Å². The SMILES string of the molecule is CCOC[C](OCC)OC(=O)CC. The third-order valence-corrected chi connectivity index (χ3v) is 1.25. The van der Waals surface area contributed by atoms with Gasteiger partial charge in [0.15, 0.2) is 0 Å². The molecule has 0 atom stereocenters. The maximum Gasteiger partial charge on any atom is 0.308 e. The van der Waals surface area contributed by atoms with Crippen LogP contribution in [-0.2, 0) is 19.0 Å². The maximum absolute atomic E-state index is 10.9. The average molecular weight is 189 g/mol. The first-order chi connectivity index (χ1) is 6.24. The number of carbonyl (C=O) groups excluding carboxylic acids is 1. The average Bonchev–Trinajstić information content (AvgIpc) is 2.14. The second-order valence-corrected chi connectivity index (χ2v) is 2.27. The lowest BCUT2D eigenvalue weighted by molar-refractivity contribution is -0.158.